The zero-order chi connectivity index (χ0) is 24.4. The van der Waals surface area contributed by atoms with Crippen molar-refractivity contribution in [1.29, 1.82) is 0 Å². The molecule has 0 radical (unpaired) electrons. The molecular weight excluding hydrogens is 436 g/mol. The lowest BCUT2D eigenvalue weighted by Gasteiger charge is -2.34. The Morgan fingerprint density at radius 2 is 1.03 bits per heavy atom. The number of hydrogen-bond donors (Lipinski definition) is 2. The van der Waals surface area contributed by atoms with Gasteiger partial charge < -0.3 is 19.7 Å². The van der Waals surface area contributed by atoms with Gasteiger partial charge in [-0.25, -0.2) is 0 Å². The lowest BCUT2D eigenvalue weighted by molar-refractivity contribution is 0.298. The van der Waals surface area contributed by atoms with Crippen LogP contribution in [-0.4, -0.2) is 23.4 Å². The monoisotopic (exact) mass is 466 g/mol. The minimum atomic E-state index is -0.677. The van der Waals surface area contributed by atoms with Crippen molar-refractivity contribution in [3.63, 3.8) is 0 Å². The first-order chi connectivity index (χ1) is 17.1. The summed E-state index contributed by atoms with van der Waals surface area (Å²) in [5, 5.41) is 21.1. The van der Waals surface area contributed by atoms with E-state index in [-0.39, 0.29) is 11.5 Å². The number of aromatic hydroxyl groups is 2. The van der Waals surface area contributed by atoms with E-state index >= 15 is 0 Å². The third kappa shape index (κ3) is 3.70. The van der Waals surface area contributed by atoms with Crippen LogP contribution < -0.4 is 9.47 Å². The fourth-order valence-corrected chi connectivity index (χ4v) is 5.17. The summed E-state index contributed by atoms with van der Waals surface area (Å²) in [5.41, 5.74) is 5.88. The molecule has 4 aromatic rings. The SMILES string of the molecule is CCCOc1cc(C2(c3ccc(O)c(OCCC)c3)c3ccccc3-c3ccccc32)ccc1O. The molecule has 4 heteroatoms. The van der Waals surface area contributed by atoms with Gasteiger partial charge in [-0.15, -0.1) is 0 Å². The van der Waals surface area contributed by atoms with E-state index < -0.39 is 5.41 Å². The Bertz CT molecular complexity index is 1250. The number of hydrogen-bond acceptors (Lipinski definition) is 4. The lowest BCUT2D eigenvalue weighted by atomic mass is 9.67. The minimum Gasteiger partial charge on any atom is -0.504 e. The normalized spacial score (nSPS) is 13.2. The summed E-state index contributed by atoms with van der Waals surface area (Å²) >= 11 is 0. The molecule has 35 heavy (non-hydrogen) atoms. The van der Waals surface area contributed by atoms with Gasteiger partial charge in [-0.2, -0.15) is 0 Å². The van der Waals surface area contributed by atoms with E-state index in [9.17, 15) is 10.2 Å². The fourth-order valence-electron chi connectivity index (χ4n) is 5.17. The predicted octanol–water partition coefficient (Wildman–Crippen LogP) is 7.04. The van der Waals surface area contributed by atoms with Crippen LogP contribution in [0.2, 0.25) is 0 Å². The molecule has 178 valence electrons. The molecule has 0 bridgehead atoms. The molecule has 1 aliphatic rings. The molecule has 4 nitrogen and oxygen atoms in total. The zero-order valence-corrected chi connectivity index (χ0v) is 20.1. The van der Waals surface area contributed by atoms with E-state index in [1.807, 2.05) is 38.1 Å². The van der Waals surface area contributed by atoms with Crippen LogP contribution in [0, 0.1) is 0 Å². The van der Waals surface area contributed by atoms with Crippen LogP contribution in [0.3, 0.4) is 0 Å². The van der Waals surface area contributed by atoms with Gasteiger partial charge in [0.1, 0.15) is 0 Å². The summed E-state index contributed by atoms with van der Waals surface area (Å²) in [7, 11) is 0. The van der Waals surface area contributed by atoms with Crippen LogP contribution in [0.4, 0.5) is 0 Å². The summed E-state index contributed by atoms with van der Waals surface area (Å²) < 4.78 is 11.8. The van der Waals surface area contributed by atoms with Crippen LogP contribution in [0.25, 0.3) is 11.1 Å². The van der Waals surface area contributed by atoms with Crippen LogP contribution in [0.5, 0.6) is 23.0 Å². The average Bonchev–Trinajstić information content (AvgIpc) is 3.19. The number of phenols is 2. The van der Waals surface area contributed by atoms with Crippen LogP contribution in [-0.2, 0) is 5.41 Å². The molecule has 0 heterocycles. The third-order valence-corrected chi connectivity index (χ3v) is 6.66. The largest absolute Gasteiger partial charge is 0.504 e. The topological polar surface area (TPSA) is 58.9 Å². The van der Waals surface area contributed by atoms with Crippen molar-refractivity contribution < 1.29 is 19.7 Å². The van der Waals surface area contributed by atoms with Crippen LogP contribution >= 0.6 is 0 Å². The smallest absolute Gasteiger partial charge is 0.161 e. The van der Waals surface area contributed by atoms with Crippen LogP contribution in [0.15, 0.2) is 84.9 Å². The molecule has 5 rings (SSSR count). The highest BCUT2D eigenvalue weighted by atomic mass is 16.5. The van der Waals surface area contributed by atoms with E-state index in [1.165, 1.54) is 0 Å². The van der Waals surface area contributed by atoms with E-state index in [2.05, 4.69) is 48.5 Å². The first kappa shape index (κ1) is 22.9. The molecule has 0 atom stereocenters. The number of ether oxygens (including phenoxy) is 2. The van der Waals surface area contributed by atoms with Gasteiger partial charge in [-0.3, -0.25) is 0 Å². The molecule has 2 N–H and O–H groups in total. The predicted molar refractivity (Wildman–Crippen MR) is 139 cm³/mol. The van der Waals surface area contributed by atoms with E-state index in [4.69, 9.17) is 9.47 Å². The second-order valence-electron chi connectivity index (χ2n) is 8.90. The first-order valence-electron chi connectivity index (χ1n) is 12.2. The van der Waals surface area contributed by atoms with Crippen molar-refractivity contribution in [2.45, 2.75) is 32.1 Å². The molecular formula is C31H30O4. The Hall–Kier alpha value is -3.92. The second-order valence-corrected chi connectivity index (χ2v) is 8.90. The number of rotatable bonds is 8. The summed E-state index contributed by atoms with van der Waals surface area (Å²) in [6.07, 6.45) is 1.69. The van der Waals surface area contributed by atoms with Crippen LogP contribution in [0.1, 0.15) is 48.9 Å². The van der Waals surface area contributed by atoms with Gasteiger partial charge in [0.15, 0.2) is 23.0 Å². The van der Waals surface area contributed by atoms with Crippen molar-refractivity contribution >= 4 is 0 Å². The van der Waals surface area contributed by atoms with Gasteiger partial charge in [-0.1, -0.05) is 74.5 Å². The molecule has 1 aliphatic carbocycles. The first-order valence-corrected chi connectivity index (χ1v) is 12.2. The Labute approximate surface area is 206 Å². The van der Waals surface area contributed by atoms with Crippen molar-refractivity contribution in [2.75, 3.05) is 13.2 Å². The lowest BCUT2D eigenvalue weighted by Crippen LogP contribution is -2.28. The fraction of sp³-hybridized carbons (Fsp3) is 0.226. The molecule has 0 aliphatic heterocycles. The maximum absolute atomic E-state index is 10.5. The third-order valence-electron chi connectivity index (χ3n) is 6.66. The van der Waals surface area contributed by atoms with Gasteiger partial charge in [0.25, 0.3) is 0 Å². The molecule has 0 aromatic heterocycles. The van der Waals surface area contributed by atoms with Gasteiger partial charge in [0.2, 0.25) is 0 Å². The average molecular weight is 467 g/mol. The maximum atomic E-state index is 10.5. The summed E-state index contributed by atoms with van der Waals surface area (Å²) in [6.45, 7) is 5.12. The highest BCUT2D eigenvalue weighted by Gasteiger charge is 2.46. The maximum Gasteiger partial charge on any atom is 0.161 e. The molecule has 0 amide bonds. The van der Waals surface area contributed by atoms with Crippen molar-refractivity contribution in [3.8, 4) is 34.1 Å². The van der Waals surface area contributed by atoms with Gasteiger partial charge >= 0.3 is 0 Å². The standard InChI is InChI=1S/C31H30O4/c1-3-17-34-29-19-21(13-15-27(29)32)31(22-14-16-28(33)30(20-22)35-18-4-2)25-11-7-5-9-23(25)24-10-6-8-12-26(24)31/h5-16,19-20,32-33H,3-4,17-18H2,1-2H3. The summed E-state index contributed by atoms with van der Waals surface area (Å²) in [6, 6.07) is 28.1. The minimum absolute atomic E-state index is 0.120. The zero-order valence-electron chi connectivity index (χ0n) is 20.1. The quantitative estimate of drug-likeness (QED) is 0.258. The molecule has 0 spiro atoms. The second kappa shape index (κ2) is 9.38. The highest BCUT2D eigenvalue weighted by Crippen LogP contribution is 2.57. The Kier molecular flexibility index (Phi) is 6.12. The van der Waals surface area contributed by atoms with Gasteiger partial charge in [-0.05, 0) is 70.5 Å². The molecule has 0 fully saturated rings. The molecule has 0 saturated carbocycles. The van der Waals surface area contributed by atoms with Crippen molar-refractivity contribution in [3.05, 3.63) is 107 Å². The number of phenolic OH excluding ortho intramolecular Hbond substituents is 2. The van der Waals surface area contributed by atoms with Gasteiger partial charge in [0.05, 0.1) is 18.6 Å². The number of fused-ring (bicyclic) bond motifs is 3. The van der Waals surface area contributed by atoms with Gasteiger partial charge in [0, 0.05) is 0 Å². The molecule has 0 saturated heterocycles. The summed E-state index contributed by atoms with van der Waals surface area (Å²) in [4.78, 5) is 0. The Morgan fingerprint density at radius 1 is 0.600 bits per heavy atom. The van der Waals surface area contributed by atoms with E-state index in [0.717, 1.165) is 46.2 Å². The van der Waals surface area contributed by atoms with E-state index in [1.54, 1.807) is 12.1 Å². The summed E-state index contributed by atoms with van der Waals surface area (Å²) in [5.74, 6) is 1.17. The Balaban J connectivity index is 1.84. The van der Waals surface area contributed by atoms with Crippen molar-refractivity contribution in [2.24, 2.45) is 0 Å². The molecule has 4 aromatic carbocycles. The Morgan fingerprint density at radius 3 is 1.46 bits per heavy atom. The molecule has 0 unspecified atom stereocenters. The van der Waals surface area contributed by atoms with E-state index in [0.29, 0.717) is 24.7 Å². The highest BCUT2D eigenvalue weighted by molar-refractivity contribution is 5.86. The number of benzene rings is 4. The van der Waals surface area contributed by atoms with Crippen molar-refractivity contribution in [1.82, 2.24) is 0 Å².